The summed E-state index contributed by atoms with van der Waals surface area (Å²) in [5.41, 5.74) is 0. The normalized spacial score (nSPS) is 17.1. The van der Waals surface area contributed by atoms with Gasteiger partial charge in [0.15, 0.2) is 5.96 Å². The molecule has 0 aromatic heterocycles. The number of hydrogen-bond acceptors (Lipinski definition) is 4. The van der Waals surface area contributed by atoms with Gasteiger partial charge < -0.3 is 20.3 Å². The van der Waals surface area contributed by atoms with Crippen molar-refractivity contribution < 1.29 is 9.53 Å². The van der Waals surface area contributed by atoms with E-state index in [1.165, 1.54) is 20.0 Å². The van der Waals surface area contributed by atoms with Crippen molar-refractivity contribution in [1.29, 1.82) is 0 Å². The maximum absolute atomic E-state index is 11.1. The van der Waals surface area contributed by atoms with E-state index >= 15 is 0 Å². The highest BCUT2D eigenvalue weighted by Crippen LogP contribution is 2.12. The Kier molecular flexibility index (Phi) is 10.5. The molecule has 1 saturated heterocycles. The smallest absolute Gasteiger partial charge is 0.305 e. The van der Waals surface area contributed by atoms with Gasteiger partial charge >= 0.3 is 5.97 Å². The Labute approximate surface area is 147 Å². The number of ether oxygens (including phenoxy) is 1. The van der Waals surface area contributed by atoms with Gasteiger partial charge in [-0.15, -0.1) is 0 Å². The molecule has 2 N–H and O–H groups in total. The molecule has 1 aliphatic rings. The number of guanidine groups is 1. The van der Waals surface area contributed by atoms with Gasteiger partial charge in [0.1, 0.15) is 0 Å². The number of nitrogens with zero attached hydrogens (tertiary/aromatic N) is 2. The maximum Gasteiger partial charge on any atom is 0.305 e. The molecule has 24 heavy (non-hydrogen) atoms. The third kappa shape index (κ3) is 8.52. The lowest BCUT2D eigenvalue weighted by Gasteiger charge is -2.35. The van der Waals surface area contributed by atoms with Crippen LogP contribution in [0.25, 0.3) is 0 Å². The van der Waals surface area contributed by atoms with Crippen LogP contribution in [0.3, 0.4) is 0 Å². The first kappa shape index (κ1) is 20.7. The summed E-state index contributed by atoms with van der Waals surface area (Å²) >= 11 is 0. The average molecular weight is 341 g/mol. The number of likely N-dealkylation sites (tertiary alicyclic amines) is 1. The van der Waals surface area contributed by atoms with Crippen LogP contribution in [0.4, 0.5) is 0 Å². The number of aliphatic imine (C=N–C) groups is 1. The number of piperidine rings is 1. The van der Waals surface area contributed by atoms with Gasteiger partial charge in [0.25, 0.3) is 0 Å². The highest BCUT2D eigenvalue weighted by molar-refractivity contribution is 5.80. The first-order chi connectivity index (χ1) is 11.6. The monoisotopic (exact) mass is 340 g/mol. The zero-order valence-corrected chi connectivity index (χ0v) is 15.9. The molecule has 0 unspecified atom stereocenters. The highest BCUT2D eigenvalue weighted by atomic mass is 16.5. The fraction of sp³-hybridized carbons (Fsp3) is 0.889. The molecule has 0 aromatic rings. The quantitative estimate of drug-likeness (QED) is 0.291. The maximum atomic E-state index is 11.1. The van der Waals surface area contributed by atoms with Gasteiger partial charge in [0.05, 0.1) is 7.11 Å². The summed E-state index contributed by atoms with van der Waals surface area (Å²) < 4.78 is 4.64. The summed E-state index contributed by atoms with van der Waals surface area (Å²) in [6, 6.07) is 1.15. The lowest BCUT2D eigenvalue weighted by Crippen LogP contribution is -2.49. The number of rotatable bonds is 9. The third-order valence-corrected chi connectivity index (χ3v) is 4.48. The van der Waals surface area contributed by atoms with Gasteiger partial charge in [-0.1, -0.05) is 6.42 Å². The van der Waals surface area contributed by atoms with Crippen LogP contribution in [0.5, 0.6) is 0 Å². The van der Waals surface area contributed by atoms with Crippen LogP contribution in [0.2, 0.25) is 0 Å². The van der Waals surface area contributed by atoms with Crippen molar-refractivity contribution in [2.24, 2.45) is 4.99 Å². The first-order valence-electron chi connectivity index (χ1n) is 9.42. The van der Waals surface area contributed by atoms with Crippen molar-refractivity contribution in [3.05, 3.63) is 0 Å². The summed E-state index contributed by atoms with van der Waals surface area (Å²) in [5, 5.41) is 6.91. The van der Waals surface area contributed by atoms with E-state index in [-0.39, 0.29) is 5.97 Å². The third-order valence-electron chi connectivity index (χ3n) is 4.48. The minimum atomic E-state index is -0.124. The lowest BCUT2D eigenvalue weighted by molar-refractivity contribution is -0.140. The lowest BCUT2D eigenvalue weighted by atomic mass is 10.0. The average Bonchev–Trinajstić information content (AvgIpc) is 2.58. The van der Waals surface area contributed by atoms with Crippen LogP contribution < -0.4 is 10.6 Å². The predicted octanol–water partition coefficient (Wildman–Crippen LogP) is 2.15. The summed E-state index contributed by atoms with van der Waals surface area (Å²) in [7, 11) is 1.44. The van der Waals surface area contributed by atoms with Crippen molar-refractivity contribution in [3.8, 4) is 0 Å². The molecular weight excluding hydrogens is 304 g/mol. The van der Waals surface area contributed by atoms with Crippen LogP contribution >= 0.6 is 0 Å². The van der Waals surface area contributed by atoms with E-state index in [9.17, 15) is 4.79 Å². The molecule has 0 aromatic carbocycles. The Morgan fingerprint density at radius 3 is 2.54 bits per heavy atom. The van der Waals surface area contributed by atoms with Crippen LogP contribution in [0.1, 0.15) is 59.3 Å². The van der Waals surface area contributed by atoms with E-state index in [0.29, 0.717) is 18.5 Å². The van der Waals surface area contributed by atoms with Gasteiger partial charge in [-0.25, -0.2) is 0 Å². The van der Waals surface area contributed by atoms with E-state index in [4.69, 9.17) is 0 Å². The van der Waals surface area contributed by atoms with E-state index in [1.807, 2.05) is 0 Å². The fourth-order valence-corrected chi connectivity index (χ4v) is 2.92. The van der Waals surface area contributed by atoms with E-state index in [1.54, 1.807) is 0 Å². The zero-order valence-electron chi connectivity index (χ0n) is 15.9. The van der Waals surface area contributed by atoms with Crippen molar-refractivity contribution in [2.75, 3.05) is 33.3 Å². The van der Waals surface area contributed by atoms with Crippen LogP contribution in [0.15, 0.2) is 4.99 Å². The molecule has 0 atom stereocenters. The molecule has 1 heterocycles. The number of methoxy groups -OCH3 is 1. The number of nitrogens with one attached hydrogen (secondary N) is 2. The minimum Gasteiger partial charge on any atom is -0.469 e. The summed E-state index contributed by atoms with van der Waals surface area (Å²) in [5.74, 6) is 0.801. The SMILES string of the molecule is CCNC(=NCCCCCC(=O)OC)NC1CCN(C(C)C)CC1. The summed E-state index contributed by atoms with van der Waals surface area (Å²) in [6.45, 7) is 10.6. The molecule has 0 aliphatic carbocycles. The zero-order chi connectivity index (χ0) is 17.8. The minimum absolute atomic E-state index is 0.124. The summed E-state index contributed by atoms with van der Waals surface area (Å²) in [6.07, 6.45) is 5.72. The number of carbonyl (C=O) groups excluding carboxylic acids is 1. The molecule has 6 nitrogen and oxygen atoms in total. The largest absolute Gasteiger partial charge is 0.469 e. The van der Waals surface area contributed by atoms with Crippen molar-refractivity contribution >= 4 is 11.9 Å². The Morgan fingerprint density at radius 2 is 1.96 bits per heavy atom. The molecule has 0 bridgehead atoms. The van der Waals surface area contributed by atoms with Crippen molar-refractivity contribution in [1.82, 2.24) is 15.5 Å². The molecule has 1 aliphatic heterocycles. The van der Waals surface area contributed by atoms with Crippen molar-refractivity contribution in [2.45, 2.75) is 71.4 Å². The van der Waals surface area contributed by atoms with Gasteiger partial charge in [-0.3, -0.25) is 9.79 Å². The molecule has 6 heteroatoms. The van der Waals surface area contributed by atoms with Crippen molar-refractivity contribution in [3.63, 3.8) is 0 Å². The molecule has 140 valence electrons. The van der Waals surface area contributed by atoms with E-state index < -0.39 is 0 Å². The molecular formula is C18H36N4O2. The number of carbonyl (C=O) groups is 1. The second-order valence-corrected chi connectivity index (χ2v) is 6.70. The van der Waals surface area contributed by atoms with Gasteiger partial charge in [0.2, 0.25) is 0 Å². The number of esters is 1. The fourth-order valence-electron chi connectivity index (χ4n) is 2.92. The Bertz CT molecular complexity index is 377. The van der Waals surface area contributed by atoms with Crippen LogP contribution in [-0.4, -0.2) is 62.2 Å². The highest BCUT2D eigenvalue weighted by Gasteiger charge is 2.21. The Morgan fingerprint density at radius 1 is 1.25 bits per heavy atom. The molecule has 0 radical (unpaired) electrons. The van der Waals surface area contributed by atoms with Crippen LogP contribution in [0, 0.1) is 0 Å². The molecule has 0 amide bonds. The van der Waals surface area contributed by atoms with Gasteiger partial charge in [-0.05, 0) is 46.5 Å². The standard InChI is InChI=1S/C18H36N4O2/c1-5-19-18(20-12-8-6-7-9-17(23)24-4)21-16-10-13-22(14-11-16)15(2)3/h15-16H,5-14H2,1-4H3,(H2,19,20,21). The van der Waals surface area contributed by atoms with E-state index in [0.717, 1.165) is 51.4 Å². The molecule has 1 fully saturated rings. The first-order valence-corrected chi connectivity index (χ1v) is 9.42. The second-order valence-electron chi connectivity index (χ2n) is 6.70. The molecule has 1 rings (SSSR count). The van der Waals surface area contributed by atoms with Crippen LogP contribution in [-0.2, 0) is 9.53 Å². The number of hydrogen-bond donors (Lipinski definition) is 2. The number of unbranched alkanes of at least 4 members (excludes halogenated alkanes) is 2. The second kappa shape index (κ2) is 12.1. The van der Waals surface area contributed by atoms with E-state index in [2.05, 4.69) is 46.0 Å². The predicted molar refractivity (Wildman–Crippen MR) is 99.3 cm³/mol. The molecule has 0 saturated carbocycles. The van der Waals surface area contributed by atoms with Gasteiger partial charge in [0, 0.05) is 44.7 Å². The summed E-state index contributed by atoms with van der Waals surface area (Å²) in [4.78, 5) is 18.2. The Balaban J connectivity index is 2.26. The molecule has 0 spiro atoms. The topological polar surface area (TPSA) is 66.0 Å². The van der Waals surface area contributed by atoms with Gasteiger partial charge in [-0.2, -0.15) is 0 Å². The Hall–Kier alpha value is -1.30.